The molecule has 0 amide bonds. The van der Waals surface area contributed by atoms with Crippen LogP contribution < -0.4 is 14.8 Å². The summed E-state index contributed by atoms with van der Waals surface area (Å²) in [5.74, 6) is 2.23. The second-order valence-electron chi connectivity index (χ2n) is 8.65. The van der Waals surface area contributed by atoms with E-state index in [2.05, 4.69) is 26.3 Å². The first-order valence-corrected chi connectivity index (χ1v) is 13.3. The molecule has 1 fully saturated rings. The van der Waals surface area contributed by atoms with Crippen molar-refractivity contribution in [2.24, 2.45) is 0 Å². The number of aryl methyl sites for hydroxylation is 1. The highest BCUT2D eigenvalue weighted by Gasteiger charge is 2.25. The van der Waals surface area contributed by atoms with Gasteiger partial charge in [0.25, 0.3) is 0 Å². The summed E-state index contributed by atoms with van der Waals surface area (Å²) in [7, 11) is -3.15. The maximum Gasteiger partial charge on any atom is 0.230 e. The fraction of sp³-hybridized carbons (Fsp3) is 0.280. The molecule has 2 N–H and O–H groups in total. The minimum atomic E-state index is -3.15. The topological polar surface area (TPSA) is 109 Å². The number of hydrogen-bond donors (Lipinski definition) is 2. The van der Waals surface area contributed by atoms with Crippen LogP contribution in [-0.2, 0) is 10.0 Å². The van der Waals surface area contributed by atoms with Gasteiger partial charge in [-0.3, -0.25) is 0 Å². The van der Waals surface area contributed by atoms with Crippen molar-refractivity contribution in [3.63, 3.8) is 0 Å². The smallest absolute Gasteiger partial charge is 0.230 e. The highest BCUT2D eigenvalue weighted by Crippen LogP contribution is 2.27. The lowest BCUT2D eigenvalue weighted by molar-refractivity contribution is 0.135. The number of benzene rings is 2. The van der Waals surface area contributed by atoms with Crippen molar-refractivity contribution in [3.8, 4) is 17.4 Å². The molecule has 0 aliphatic carbocycles. The molecule has 0 spiro atoms. The summed E-state index contributed by atoms with van der Waals surface area (Å²) in [6.07, 6.45) is 4.16. The molecule has 0 bridgehead atoms. The minimum absolute atomic E-state index is 0.0302. The first kappa shape index (κ1) is 23.1. The van der Waals surface area contributed by atoms with E-state index in [9.17, 15) is 8.42 Å². The highest BCUT2D eigenvalue weighted by molar-refractivity contribution is 7.88. The molecule has 2 aromatic heterocycles. The lowest BCUT2D eigenvalue weighted by Crippen LogP contribution is -2.41. The second-order valence-corrected chi connectivity index (χ2v) is 10.6. The van der Waals surface area contributed by atoms with Gasteiger partial charge in [-0.2, -0.15) is 4.98 Å². The van der Waals surface area contributed by atoms with E-state index in [-0.39, 0.29) is 6.10 Å². The predicted octanol–water partition coefficient (Wildman–Crippen LogP) is 4.61. The molecule has 1 aliphatic heterocycles. The number of aromatic nitrogens is 3. The van der Waals surface area contributed by atoms with Gasteiger partial charge in [-0.15, -0.1) is 0 Å². The molecule has 3 heterocycles. The maximum absolute atomic E-state index is 11.7. The van der Waals surface area contributed by atoms with Crippen LogP contribution in [0.5, 0.6) is 17.4 Å². The molecule has 0 radical (unpaired) electrons. The van der Waals surface area contributed by atoms with Crippen LogP contribution in [0.15, 0.2) is 60.8 Å². The quantitative estimate of drug-likeness (QED) is 0.387. The van der Waals surface area contributed by atoms with Crippen LogP contribution in [0.3, 0.4) is 0 Å². The molecule has 5 rings (SSSR count). The molecule has 0 unspecified atom stereocenters. The summed E-state index contributed by atoms with van der Waals surface area (Å²) in [4.78, 5) is 12.1. The van der Waals surface area contributed by atoms with Gasteiger partial charge < -0.3 is 19.8 Å². The van der Waals surface area contributed by atoms with E-state index in [1.54, 1.807) is 12.3 Å². The molecule has 4 aromatic rings. The van der Waals surface area contributed by atoms with Crippen molar-refractivity contribution in [2.45, 2.75) is 25.9 Å². The van der Waals surface area contributed by atoms with Crippen LogP contribution in [0.1, 0.15) is 18.5 Å². The number of H-pyrrole nitrogens is 1. The van der Waals surface area contributed by atoms with Gasteiger partial charge in [-0.1, -0.05) is 6.07 Å². The SMILES string of the molecule is Cc1cc2cc(Oc3ccnc(Nc4cccc(OC5CCN(S(C)(=O)=O)CC5)c4)n3)ccc2[nH]1. The largest absolute Gasteiger partial charge is 0.490 e. The van der Waals surface area contributed by atoms with Gasteiger partial charge >= 0.3 is 0 Å². The number of nitrogens with zero attached hydrogens (tertiary/aromatic N) is 3. The normalized spacial score (nSPS) is 15.3. The highest BCUT2D eigenvalue weighted by atomic mass is 32.2. The summed E-state index contributed by atoms with van der Waals surface area (Å²) in [5.41, 5.74) is 2.93. The maximum atomic E-state index is 11.7. The van der Waals surface area contributed by atoms with Crippen LogP contribution in [0, 0.1) is 6.92 Å². The van der Waals surface area contributed by atoms with Crippen molar-refractivity contribution < 1.29 is 17.9 Å². The Hall–Kier alpha value is -3.63. The van der Waals surface area contributed by atoms with Crippen molar-refractivity contribution in [1.82, 2.24) is 19.3 Å². The van der Waals surface area contributed by atoms with Gasteiger partial charge in [-0.25, -0.2) is 17.7 Å². The van der Waals surface area contributed by atoms with Crippen LogP contribution in [0.2, 0.25) is 0 Å². The minimum Gasteiger partial charge on any atom is -0.490 e. The number of aromatic amines is 1. The predicted molar refractivity (Wildman–Crippen MR) is 135 cm³/mol. The third-order valence-corrected chi connectivity index (χ3v) is 7.15. The molecular weight excluding hydrogens is 466 g/mol. The summed E-state index contributed by atoms with van der Waals surface area (Å²) in [5, 5.41) is 4.27. The Morgan fingerprint density at radius 2 is 1.89 bits per heavy atom. The molecule has 1 aliphatic rings. The molecule has 2 aromatic carbocycles. The number of nitrogens with one attached hydrogen (secondary N) is 2. The molecule has 0 saturated carbocycles. The summed E-state index contributed by atoms with van der Waals surface area (Å²) in [6.45, 7) is 2.96. The Morgan fingerprint density at radius 1 is 1.06 bits per heavy atom. The average molecular weight is 494 g/mol. The molecule has 1 saturated heterocycles. The standard InChI is InChI=1S/C25H27N5O4S/c1-17-14-18-15-22(6-7-23(18)27-17)34-24-8-11-26-25(29-24)28-19-4-3-5-21(16-19)33-20-9-12-30(13-10-20)35(2,31)32/h3-8,11,14-16,20,27H,9-10,12-13H2,1-2H3,(H,26,28,29). The van der Waals surface area contributed by atoms with Crippen molar-refractivity contribution in [2.75, 3.05) is 24.7 Å². The second kappa shape index (κ2) is 9.55. The zero-order valence-electron chi connectivity index (χ0n) is 19.6. The number of rotatable bonds is 7. The van der Waals surface area contributed by atoms with E-state index in [1.165, 1.54) is 10.6 Å². The number of piperidine rings is 1. The monoisotopic (exact) mass is 493 g/mol. The molecule has 10 heteroatoms. The third-order valence-electron chi connectivity index (χ3n) is 5.84. The zero-order valence-corrected chi connectivity index (χ0v) is 20.4. The van der Waals surface area contributed by atoms with Gasteiger partial charge in [-0.05, 0) is 56.2 Å². The fourth-order valence-corrected chi connectivity index (χ4v) is 5.02. The third kappa shape index (κ3) is 5.72. The van der Waals surface area contributed by atoms with Crippen LogP contribution in [0.4, 0.5) is 11.6 Å². The van der Waals surface area contributed by atoms with E-state index >= 15 is 0 Å². The first-order chi connectivity index (χ1) is 16.8. The van der Waals surface area contributed by atoms with Crippen LogP contribution >= 0.6 is 0 Å². The number of hydrogen-bond acceptors (Lipinski definition) is 7. The number of sulfonamides is 1. The van der Waals surface area contributed by atoms with Crippen LogP contribution in [0.25, 0.3) is 10.9 Å². The van der Waals surface area contributed by atoms with Gasteiger partial charge in [0.1, 0.15) is 17.6 Å². The van der Waals surface area contributed by atoms with E-state index in [4.69, 9.17) is 9.47 Å². The van der Waals surface area contributed by atoms with E-state index in [0.717, 1.165) is 22.3 Å². The molecule has 35 heavy (non-hydrogen) atoms. The van der Waals surface area contributed by atoms with E-state index < -0.39 is 10.0 Å². The Morgan fingerprint density at radius 3 is 2.69 bits per heavy atom. The Kier molecular flexibility index (Phi) is 6.31. The lowest BCUT2D eigenvalue weighted by Gasteiger charge is -2.30. The first-order valence-electron chi connectivity index (χ1n) is 11.4. The molecule has 182 valence electrons. The van der Waals surface area contributed by atoms with Crippen molar-refractivity contribution >= 4 is 32.6 Å². The van der Waals surface area contributed by atoms with E-state index in [1.807, 2.05) is 49.4 Å². The molecular formula is C25H27N5O4S. The van der Waals surface area contributed by atoms with Crippen molar-refractivity contribution in [3.05, 3.63) is 66.5 Å². The number of fused-ring (bicyclic) bond motifs is 1. The Balaban J connectivity index is 1.22. The van der Waals surface area contributed by atoms with Gasteiger partial charge in [0, 0.05) is 53.7 Å². The number of anilines is 2. The van der Waals surface area contributed by atoms with Gasteiger partial charge in [0.05, 0.1) is 6.26 Å². The van der Waals surface area contributed by atoms with Crippen LogP contribution in [-0.4, -0.2) is 53.1 Å². The van der Waals surface area contributed by atoms with Gasteiger partial charge in [0.2, 0.25) is 21.9 Å². The molecule has 0 atom stereocenters. The fourth-order valence-electron chi connectivity index (χ4n) is 4.15. The Bertz CT molecular complexity index is 1450. The van der Waals surface area contributed by atoms with Gasteiger partial charge in [0.15, 0.2) is 0 Å². The summed E-state index contributed by atoms with van der Waals surface area (Å²) in [6, 6.07) is 17.2. The molecule has 9 nitrogen and oxygen atoms in total. The average Bonchev–Trinajstić information content (AvgIpc) is 3.19. The summed E-state index contributed by atoms with van der Waals surface area (Å²) >= 11 is 0. The van der Waals surface area contributed by atoms with E-state index in [0.29, 0.717) is 49.3 Å². The Labute approximate surface area is 204 Å². The zero-order chi connectivity index (χ0) is 24.4. The number of ether oxygens (including phenoxy) is 2. The lowest BCUT2D eigenvalue weighted by atomic mass is 10.1. The summed E-state index contributed by atoms with van der Waals surface area (Å²) < 4.78 is 37.0. The van der Waals surface area contributed by atoms with Crippen molar-refractivity contribution in [1.29, 1.82) is 0 Å².